The van der Waals surface area contributed by atoms with Gasteiger partial charge < -0.3 is 9.47 Å². The van der Waals surface area contributed by atoms with Gasteiger partial charge in [0.1, 0.15) is 0 Å². The molecule has 1 aliphatic heterocycles. The Labute approximate surface area is 134 Å². The fourth-order valence-electron chi connectivity index (χ4n) is 2.18. The van der Waals surface area contributed by atoms with E-state index >= 15 is 0 Å². The Morgan fingerprint density at radius 1 is 1.27 bits per heavy atom. The van der Waals surface area contributed by atoms with Crippen molar-refractivity contribution in [2.75, 3.05) is 0 Å². The van der Waals surface area contributed by atoms with Crippen LogP contribution in [-0.4, -0.2) is 24.3 Å². The second-order valence-corrected chi connectivity index (χ2v) is 5.46. The minimum atomic E-state index is -0.583. The van der Waals surface area contributed by atoms with E-state index in [1.807, 2.05) is 0 Å². The highest BCUT2D eigenvalue weighted by atomic mass is 16.6. The number of unbranched alkanes of at least 4 members (excludes halogenated alkanes) is 4. The van der Waals surface area contributed by atoms with Crippen molar-refractivity contribution in [3.63, 3.8) is 0 Å². The number of hydrogen-bond donors (Lipinski definition) is 0. The zero-order valence-corrected chi connectivity index (χ0v) is 13.7. The van der Waals surface area contributed by atoms with E-state index < -0.39 is 6.10 Å². The molecule has 0 aromatic rings. The van der Waals surface area contributed by atoms with Crippen LogP contribution in [0.2, 0.25) is 0 Å². The summed E-state index contributed by atoms with van der Waals surface area (Å²) in [6.07, 6.45) is 9.93. The van der Waals surface area contributed by atoms with Crippen LogP contribution in [0.5, 0.6) is 0 Å². The summed E-state index contributed by atoms with van der Waals surface area (Å²) in [4.78, 5) is 10.8. The molecule has 1 fully saturated rings. The van der Waals surface area contributed by atoms with Gasteiger partial charge >= 0.3 is 5.97 Å². The van der Waals surface area contributed by atoms with E-state index in [2.05, 4.69) is 37.2 Å². The number of epoxide rings is 1. The number of carbonyl (C=O) groups excluding carboxylic acids is 1. The van der Waals surface area contributed by atoms with Gasteiger partial charge in [0.25, 0.3) is 0 Å². The topological polar surface area (TPSA) is 38.8 Å². The lowest BCUT2D eigenvalue weighted by molar-refractivity contribution is -0.142. The van der Waals surface area contributed by atoms with Crippen molar-refractivity contribution >= 4 is 5.97 Å². The molecule has 22 heavy (non-hydrogen) atoms. The molecule has 0 aromatic heterocycles. The molecular weight excluding hydrogens is 276 g/mol. The summed E-state index contributed by atoms with van der Waals surface area (Å²) in [6.45, 7) is 7.13. The lowest BCUT2D eigenvalue weighted by Crippen LogP contribution is -2.10. The van der Waals surface area contributed by atoms with Crippen LogP contribution in [0.3, 0.4) is 0 Å². The van der Waals surface area contributed by atoms with Gasteiger partial charge in [0.05, 0.1) is 12.2 Å². The van der Waals surface area contributed by atoms with E-state index in [0.29, 0.717) is 6.10 Å². The van der Waals surface area contributed by atoms with Gasteiger partial charge in [-0.2, -0.15) is 0 Å². The lowest BCUT2D eigenvalue weighted by atomic mass is 10.1. The third-order valence-electron chi connectivity index (χ3n) is 3.46. The molecular formula is C19H26O3. The van der Waals surface area contributed by atoms with Gasteiger partial charge in [0.2, 0.25) is 0 Å². The summed E-state index contributed by atoms with van der Waals surface area (Å²) in [5.41, 5.74) is 0. The Bertz CT molecular complexity index is 472. The summed E-state index contributed by atoms with van der Waals surface area (Å²) in [5, 5.41) is 0. The first kappa shape index (κ1) is 18.3. The molecule has 0 radical (unpaired) electrons. The normalized spacial score (nSPS) is 19.9. The summed E-state index contributed by atoms with van der Waals surface area (Å²) >= 11 is 0. The third-order valence-corrected chi connectivity index (χ3v) is 3.46. The van der Waals surface area contributed by atoms with Crippen LogP contribution >= 0.6 is 0 Å². The van der Waals surface area contributed by atoms with Gasteiger partial charge in [0.15, 0.2) is 6.10 Å². The van der Waals surface area contributed by atoms with Crippen LogP contribution in [0.25, 0.3) is 0 Å². The number of hydrogen-bond acceptors (Lipinski definition) is 3. The minimum absolute atomic E-state index is 0.282. The maximum atomic E-state index is 10.8. The van der Waals surface area contributed by atoms with Crippen molar-refractivity contribution in [3.05, 3.63) is 12.7 Å². The van der Waals surface area contributed by atoms with Crippen LogP contribution in [0, 0.1) is 23.7 Å². The molecule has 0 saturated carbocycles. The van der Waals surface area contributed by atoms with Gasteiger partial charge in [-0.3, -0.25) is 4.79 Å². The van der Waals surface area contributed by atoms with E-state index in [1.54, 1.807) is 0 Å². The lowest BCUT2D eigenvalue weighted by Gasteiger charge is -2.03. The number of carbonyl (C=O) groups is 1. The van der Waals surface area contributed by atoms with Crippen molar-refractivity contribution < 1.29 is 14.3 Å². The van der Waals surface area contributed by atoms with Gasteiger partial charge in [-0.25, -0.2) is 0 Å². The highest BCUT2D eigenvalue weighted by molar-refractivity contribution is 5.66. The molecule has 0 bridgehead atoms. The monoisotopic (exact) mass is 302 g/mol. The van der Waals surface area contributed by atoms with Crippen molar-refractivity contribution in [2.45, 2.75) is 77.1 Å². The smallest absolute Gasteiger partial charge is 0.304 e. The molecule has 3 nitrogen and oxygen atoms in total. The summed E-state index contributed by atoms with van der Waals surface area (Å²) in [5.74, 6) is 10.8. The van der Waals surface area contributed by atoms with Gasteiger partial charge in [0, 0.05) is 13.3 Å². The van der Waals surface area contributed by atoms with Gasteiger partial charge in [-0.05, 0) is 30.3 Å². The molecule has 0 spiro atoms. The van der Waals surface area contributed by atoms with Crippen LogP contribution in [0.4, 0.5) is 0 Å². The van der Waals surface area contributed by atoms with Crippen LogP contribution < -0.4 is 0 Å². The maximum absolute atomic E-state index is 10.8. The van der Waals surface area contributed by atoms with Gasteiger partial charge in [-0.15, -0.1) is 0 Å². The van der Waals surface area contributed by atoms with E-state index in [1.165, 1.54) is 45.1 Å². The molecule has 3 atom stereocenters. The van der Waals surface area contributed by atoms with Crippen LogP contribution in [0.15, 0.2) is 12.7 Å². The zero-order valence-electron chi connectivity index (χ0n) is 13.7. The Morgan fingerprint density at radius 3 is 2.73 bits per heavy atom. The Hall–Kier alpha value is -1.71. The number of rotatable bonds is 9. The molecule has 1 aliphatic rings. The quantitative estimate of drug-likeness (QED) is 0.215. The zero-order chi connectivity index (χ0) is 16.2. The fourth-order valence-corrected chi connectivity index (χ4v) is 2.18. The first-order valence-electron chi connectivity index (χ1n) is 8.11. The van der Waals surface area contributed by atoms with E-state index in [4.69, 9.17) is 9.47 Å². The standard InChI is InChI=1S/C19H26O3/c1-4-6-7-8-11-14-18-19(22-18)15-12-9-10-13-17(5-2)21-16(3)20/h5,17-19H,2,4,6-8,11,14-15H2,1,3H3. The number of ether oxygens (including phenoxy) is 2. The third kappa shape index (κ3) is 8.55. The molecule has 120 valence electrons. The SMILES string of the molecule is C=CC(C#CC#CCC1OC1CCCCCCC)OC(C)=O. The van der Waals surface area contributed by atoms with Crippen molar-refractivity contribution in [1.82, 2.24) is 0 Å². The van der Waals surface area contributed by atoms with Crippen LogP contribution in [-0.2, 0) is 14.3 Å². The first-order valence-corrected chi connectivity index (χ1v) is 8.11. The average Bonchev–Trinajstić information content (AvgIpc) is 3.23. The predicted octanol–water partition coefficient (Wildman–Crippen LogP) is 3.63. The van der Waals surface area contributed by atoms with E-state index in [0.717, 1.165) is 12.8 Å². The highest BCUT2D eigenvalue weighted by Crippen LogP contribution is 2.29. The van der Waals surface area contributed by atoms with Gasteiger partial charge in [-0.1, -0.05) is 51.5 Å². The molecule has 3 heteroatoms. The van der Waals surface area contributed by atoms with Crippen molar-refractivity contribution in [2.24, 2.45) is 0 Å². The summed E-state index contributed by atoms with van der Waals surface area (Å²) < 4.78 is 10.5. The molecule has 1 rings (SSSR count). The van der Waals surface area contributed by atoms with E-state index in [-0.39, 0.29) is 12.1 Å². The van der Waals surface area contributed by atoms with Crippen molar-refractivity contribution in [3.8, 4) is 23.7 Å². The predicted molar refractivity (Wildman–Crippen MR) is 88.0 cm³/mol. The highest BCUT2D eigenvalue weighted by Gasteiger charge is 2.36. The van der Waals surface area contributed by atoms with E-state index in [9.17, 15) is 4.79 Å². The number of esters is 1. The summed E-state index contributed by atoms with van der Waals surface area (Å²) in [7, 11) is 0. The molecule has 0 N–H and O–H groups in total. The first-order chi connectivity index (χ1) is 10.7. The molecule has 1 heterocycles. The average molecular weight is 302 g/mol. The molecule has 3 unspecified atom stereocenters. The Balaban J connectivity index is 2.13. The molecule has 0 aliphatic carbocycles. The Kier molecular flexibility index (Phi) is 9.12. The second-order valence-electron chi connectivity index (χ2n) is 5.46. The minimum Gasteiger partial charge on any atom is -0.445 e. The molecule has 1 saturated heterocycles. The maximum Gasteiger partial charge on any atom is 0.304 e. The second kappa shape index (κ2) is 10.9. The van der Waals surface area contributed by atoms with Crippen LogP contribution in [0.1, 0.15) is 58.8 Å². The molecule has 0 amide bonds. The van der Waals surface area contributed by atoms with Crippen molar-refractivity contribution in [1.29, 1.82) is 0 Å². The molecule has 0 aromatic carbocycles. The largest absolute Gasteiger partial charge is 0.445 e. The fraction of sp³-hybridized carbons (Fsp3) is 0.632. The summed E-state index contributed by atoms with van der Waals surface area (Å²) in [6, 6.07) is 0. The Morgan fingerprint density at radius 2 is 2.05 bits per heavy atom.